The van der Waals surface area contributed by atoms with E-state index < -0.39 is 18.0 Å². The molecule has 0 aliphatic carbocycles. The van der Waals surface area contributed by atoms with Crippen LogP contribution in [0.25, 0.3) is 0 Å². The average Bonchev–Trinajstić information content (AvgIpc) is 2.32. The minimum absolute atomic E-state index is 0.171. The van der Waals surface area contributed by atoms with Gasteiger partial charge in [-0.05, 0) is 37.0 Å². The molecule has 1 aromatic carbocycles. The first-order valence-electron chi connectivity index (χ1n) is 6.36. The molecule has 1 aromatic rings. The number of hydrogen-bond donors (Lipinski definition) is 3. The molecule has 6 heteroatoms. The van der Waals surface area contributed by atoms with Crippen LogP contribution in [0.2, 0.25) is 5.02 Å². The zero-order valence-corrected chi connectivity index (χ0v) is 12.5. The molecule has 20 heavy (non-hydrogen) atoms. The predicted octanol–water partition coefficient (Wildman–Crippen LogP) is 3.27. The van der Waals surface area contributed by atoms with Crippen LogP contribution in [0.3, 0.4) is 0 Å². The smallest absolute Gasteiger partial charge is 0.326 e. The number of amides is 2. The molecule has 0 aromatic heterocycles. The molecular weight excluding hydrogens is 280 g/mol. The maximum absolute atomic E-state index is 11.8. The van der Waals surface area contributed by atoms with Crippen LogP contribution >= 0.6 is 11.6 Å². The van der Waals surface area contributed by atoms with E-state index in [-0.39, 0.29) is 5.92 Å². The van der Waals surface area contributed by atoms with Crippen LogP contribution in [-0.2, 0) is 4.79 Å². The summed E-state index contributed by atoms with van der Waals surface area (Å²) >= 11 is 5.96. The maximum Gasteiger partial charge on any atom is 0.326 e. The van der Waals surface area contributed by atoms with Crippen molar-refractivity contribution in [3.8, 4) is 0 Å². The van der Waals surface area contributed by atoms with Crippen molar-refractivity contribution >= 4 is 29.3 Å². The van der Waals surface area contributed by atoms with E-state index in [2.05, 4.69) is 10.6 Å². The number of hydrogen-bond acceptors (Lipinski definition) is 2. The van der Waals surface area contributed by atoms with E-state index >= 15 is 0 Å². The molecule has 110 valence electrons. The fourth-order valence-corrected chi connectivity index (χ4v) is 1.87. The number of aryl methyl sites for hydroxylation is 1. The van der Waals surface area contributed by atoms with E-state index in [9.17, 15) is 9.59 Å². The second kappa shape index (κ2) is 7.14. The third-order valence-electron chi connectivity index (χ3n) is 2.74. The highest BCUT2D eigenvalue weighted by molar-refractivity contribution is 6.31. The molecule has 1 rings (SSSR count). The molecule has 0 fully saturated rings. The van der Waals surface area contributed by atoms with Crippen molar-refractivity contribution in [2.45, 2.75) is 33.2 Å². The second-order valence-corrected chi connectivity index (χ2v) is 5.49. The number of nitrogens with one attached hydrogen (secondary N) is 2. The lowest BCUT2D eigenvalue weighted by Gasteiger charge is -2.17. The van der Waals surface area contributed by atoms with Gasteiger partial charge in [-0.3, -0.25) is 0 Å². The Hall–Kier alpha value is -1.75. The van der Waals surface area contributed by atoms with Gasteiger partial charge in [-0.1, -0.05) is 31.5 Å². The summed E-state index contributed by atoms with van der Waals surface area (Å²) < 4.78 is 0. The molecule has 0 aliphatic heterocycles. The van der Waals surface area contributed by atoms with Crippen LogP contribution in [-0.4, -0.2) is 23.1 Å². The lowest BCUT2D eigenvalue weighted by molar-refractivity contribution is -0.139. The number of halogens is 1. The summed E-state index contributed by atoms with van der Waals surface area (Å²) in [6.07, 6.45) is 0.372. The predicted molar refractivity (Wildman–Crippen MR) is 79.2 cm³/mol. The number of benzene rings is 1. The minimum Gasteiger partial charge on any atom is -0.480 e. The van der Waals surface area contributed by atoms with Gasteiger partial charge < -0.3 is 15.7 Å². The van der Waals surface area contributed by atoms with Gasteiger partial charge in [0, 0.05) is 10.7 Å². The summed E-state index contributed by atoms with van der Waals surface area (Å²) in [4.78, 5) is 22.8. The zero-order valence-electron chi connectivity index (χ0n) is 11.7. The first-order chi connectivity index (χ1) is 9.29. The fourth-order valence-electron chi connectivity index (χ4n) is 1.69. The number of urea groups is 1. The molecule has 0 radical (unpaired) electrons. The minimum atomic E-state index is -1.05. The van der Waals surface area contributed by atoms with Gasteiger partial charge in [0.05, 0.1) is 0 Å². The van der Waals surface area contributed by atoms with Crippen molar-refractivity contribution in [3.05, 3.63) is 28.8 Å². The molecule has 0 aliphatic rings. The number of anilines is 1. The van der Waals surface area contributed by atoms with Gasteiger partial charge in [0.2, 0.25) is 0 Å². The Morgan fingerprint density at radius 2 is 2.00 bits per heavy atom. The lowest BCUT2D eigenvalue weighted by Crippen LogP contribution is -2.43. The third kappa shape index (κ3) is 5.09. The second-order valence-electron chi connectivity index (χ2n) is 5.08. The summed E-state index contributed by atoms with van der Waals surface area (Å²) in [6, 6.07) is 3.64. The van der Waals surface area contributed by atoms with E-state index in [0.717, 1.165) is 5.56 Å². The van der Waals surface area contributed by atoms with E-state index in [1.807, 2.05) is 20.8 Å². The molecule has 0 spiro atoms. The van der Waals surface area contributed by atoms with Gasteiger partial charge in [-0.15, -0.1) is 0 Å². The standard InChI is InChI=1S/C14H19ClN2O3/c1-8(2)6-12(13(18)19)17-14(20)16-10-5-4-9(3)11(15)7-10/h4-5,7-8,12H,6H2,1-3H3,(H,18,19)(H2,16,17,20). The molecular formula is C14H19ClN2O3. The largest absolute Gasteiger partial charge is 0.480 e. The number of carbonyl (C=O) groups is 2. The molecule has 0 saturated carbocycles. The maximum atomic E-state index is 11.8. The van der Waals surface area contributed by atoms with Crippen LogP contribution in [0, 0.1) is 12.8 Å². The SMILES string of the molecule is Cc1ccc(NC(=O)NC(CC(C)C)C(=O)O)cc1Cl. The van der Waals surface area contributed by atoms with Crippen molar-refractivity contribution in [3.63, 3.8) is 0 Å². The molecule has 0 bridgehead atoms. The number of carbonyl (C=O) groups excluding carboxylic acids is 1. The van der Waals surface area contributed by atoms with Crippen molar-refractivity contribution in [1.29, 1.82) is 0 Å². The number of carboxylic acids is 1. The Labute approximate surface area is 123 Å². The molecule has 0 saturated heterocycles. The summed E-state index contributed by atoms with van der Waals surface area (Å²) in [6.45, 7) is 5.65. The van der Waals surface area contributed by atoms with E-state index in [0.29, 0.717) is 17.1 Å². The van der Waals surface area contributed by atoms with Gasteiger partial charge in [0.15, 0.2) is 0 Å². The molecule has 5 nitrogen and oxygen atoms in total. The normalized spacial score (nSPS) is 12.1. The number of rotatable bonds is 5. The van der Waals surface area contributed by atoms with Crippen LogP contribution < -0.4 is 10.6 Å². The Bertz CT molecular complexity index is 503. The Balaban J connectivity index is 2.65. The van der Waals surface area contributed by atoms with Crippen molar-refractivity contribution in [1.82, 2.24) is 5.32 Å². The highest BCUT2D eigenvalue weighted by atomic mass is 35.5. The van der Waals surface area contributed by atoms with Gasteiger partial charge in [0.1, 0.15) is 6.04 Å². The zero-order chi connectivity index (χ0) is 15.3. The van der Waals surface area contributed by atoms with E-state index in [1.165, 1.54) is 0 Å². The number of carboxylic acid groups (broad SMARTS) is 1. The average molecular weight is 299 g/mol. The Morgan fingerprint density at radius 1 is 1.35 bits per heavy atom. The molecule has 1 unspecified atom stereocenters. The monoisotopic (exact) mass is 298 g/mol. The van der Waals surface area contributed by atoms with E-state index in [4.69, 9.17) is 16.7 Å². The topological polar surface area (TPSA) is 78.4 Å². The first-order valence-corrected chi connectivity index (χ1v) is 6.74. The van der Waals surface area contributed by atoms with Crippen LogP contribution in [0.1, 0.15) is 25.8 Å². The summed E-state index contributed by atoms with van der Waals surface area (Å²) in [7, 11) is 0. The summed E-state index contributed by atoms with van der Waals surface area (Å²) in [5, 5.41) is 14.6. The number of aliphatic carboxylic acids is 1. The van der Waals surface area contributed by atoms with Crippen molar-refractivity contribution in [2.24, 2.45) is 5.92 Å². The van der Waals surface area contributed by atoms with Gasteiger partial charge in [0.25, 0.3) is 0 Å². The van der Waals surface area contributed by atoms with Crippen LogP contribution in [0.5, 0.6) is 0 Å². The van der Waals surface area contributed by atoms with Crippen LogP contribution in [0.4, 0.5) is 10.5 Å². The molecule has 3 N–H and O–H groups in total. The lowest BCUT2D eigenvalue weighted by atomic mass is 10.0. The summed E-state index contributed by atoms with van der Waals surface area (Å²) in [5.74, 6) is -0.874. The van der Waals surface area contributed by atoms with Crippen LogP contribution in [0.15, 0.2) is 18.2 Å². The van der Waals surface area contributed by atoms with Crippen molar-refractivity contribution < 1.29 is 14.7 Å². The third-order valence-corrected chi connectivity index (χ3v) is 3.15. The highest BCUT2D eigenvalue weighted by Crippen LogP contribution is 2.19. The van der Waals surface area contributed by atoms with Gasteiger partial charge in [-0.25, -0.2) is 9.59 Å². The van der Waals surface area contributed by atoms with Gasteiger partial charge >= 0.3 is 12.0 Å². The Morgan fingerprint density at radius 3 is 2.50 bits per heavy atom. The van der Waals surface area contributed by atoms with Crippen molar-refractivity contribution in [2.75, 3.05) is 5.32 Å². The van der Waals surface area contributed by atoms with Gasteiger partial charge in [-0.2, -0.15) is 0 Å². The first kappa shape index (κ1) is 16.3. The highest BCUT2D eigenvalue weighted by Gasteiger charge is 2.21. The molecule has 0 heterocycles. The molecule has 1 atom stereocenters. The quantitative estimate of drug-likeness (QED) is 0.780. The summed E-state index contributed by atoms with van der Waals surface area (Å²) in [5.41, 5.74) is 1.42. The fraction of sp³-hybridized carbons (Fsp3) is 0.429. The molecule has 2 amide bonds. The Kier molecular flexibility index (Phi) is 5.82. The van der Waals surface area contributed by atoms with E-state index in [1.54, 1.807) is 18.2 Å².